The van der Waals surface area contributed by atoms with Gasteiger partial charge in [0.25, 0.3) is 10.0 Å². The van der Waals surface area contributed by atoms with Crippen LogP contribution in [-0.4, -0.2) is 13.4 Å². The van der Waals surface area contributed by atoms with E-state index in [9.17, 15) is 8.42 Å². The number of hydrogen-bond donors (Lipinski definition) is 0. The van der Waals surface area contributed by atoms with Gasteiger partial charge in [0.05, 0.1) is 0 Å². The first-order chi connectivity index (χ1) is 4.11. The van der Waals surface area contributed by atoms with Crippen molar-refractivity contribution in [2.75, 3.05) is 0 Å². The zero-order chi connectivity index (χ0) is 6.91. The van der Waals surface area contributed by atoms with Crippen molar-refractivity contribution in [1.82, 2.24) is 10.1 Å². The van der Waals surface area contributed by atoms with Crippen LogP contribution in [0.3, 0.4) is 0 Å². The van der Waals surface area contributed by atoms with Crippen molar-refractivity contribution >= 4 is 21.4 Å². The SMILES string of the molecule is [NH]S(=O)(=O)c1nccs1. The largest absolute Gasteiger partial charge is 0.281 e. The van der Waals surface area contributed by atoms with Crippen LogP contribution in [0.15, 0.2) is 15.9 Å². The van der Waals surface area contributed by atoms with Crippen LogP contribution < -0.4 is 5.14 Å². The Balaban J connectivity index is 3.20. The molecule has 0 bridgehead atoms. The van der Waals surface area contributed by atoms with Gasteiger partial charge < -0.3 is 0 Å². The van der Waals surface area contributed by atoms with Crippen molar-refractivity contribution in [2.24, 2.45) is 0 Å². The highest BCUT2D eigenvalue weighted by Crippen LogP contribution is 2.09. The fraction of sp³-hybridized carbons (Fsp3) is 0. The summed E-state index contributed by atoms with van der Waals surface area (Å²) in [5.41, 5.74) is 0. The summed E-state index contributed by atoms with van der Waals surface area (Å²) in [7, 11) is -3.80. The second-order valence-electron chi connectivity index (χ2n) is 1.30. The summed E-state index contributed by atoms with van der Waals surface area (Å²) in [6.07, 6.45) is 1.35. The van der Waals surface area contributed by atoms with Gasteiger partial charge in [-0.3, -0.25) is 0 Å². The Hall–Kier alpha value is -0.460. The van der Waals surface area contributed by atoms with Crippen LogP contribution in [0.25, 0.3) is 0 Å². The lowest BCUT2D eigenvalue weighted by molar-refractivity contribution is 0.595. The van der Waals surface area contributed by atoms with Gasteiger partial charge in [0.15, 0.2) is 0 Å². The van der Waals surface area contributed by atoms with Crippen LogP contribution in [0, 0.1) is 0 Å². The lowest BCUT2D eigenvalue weighted by Crippen LogP contribution is -1.98. The fourth-order valence-electron chi connectivity index (χ4n) is 0.343. The summed E-state index contributed by atoms with van der Waals surface area (Å²) in [6.45, 7) is 0. The molecule has 0 aromatic carbocycles. The number of nitrogens with one attached hydrogen (secondary N) is 1. The Labute approximate surface area is 56.4 Å². The van der Waals surface area contributed by atoms with Gasteiger partial charge in [0.1, 0.15) is 0 Å². The minimum atomic E-state index is -3.80. The maximum Gasteiger partial charge on any atom is 0.281 e. The number of sulfonamides is 1. The van der Waals surface area contributed by atoms with Crippen molar-refractivity contribution in [3.05, 3.63) is 11.6 Å². The average molecular weight is 163 g/mol. The van der Waals surface area contributed by atoms with Crippen molar-refractivity contribution in [1.29, 1.82) is 0 Å². The third kappa shape index (κ3) is 1.47. The van der Waals surface area contributed by atoms with Gasteiger partial charge >= 0.3 is 0 Å². The minimum absolute atomic E-state index is 0.150. The van der Waals surface area contributed by atoms with Crippen molar-refractivity contribution < 1.29 is 8.42 Å². The summed E-state index contributed by atoms with van der Waals surface area (Å²) in [4.78, 5) is 3.43. The van der Waals surface area contributed by atoms with Crippen LogP contribution in [0.4, 0.5) is 0 Å². The smallest absolute Gasteiger partial charge is 0.233 e. The first-order valence-electron chi connectivity index (χ1n) is 2.00. The van der Waals surface area contributed by atoms with E-state index in [4.69, 9.17) is 5.14 Å². The molecule has 0 spiro atoms. The number of hydrogen-bond acceptors (Lipinski definition) is 4. The van der Waals surface area contributed by atoms with E-state index < -0.39 is 10.0 Å². The molecule has 0 atom stereocenters. The molecule has 0 aliphatic heterocycles. The second-order valence-corrected chi connectivity index (χ2v) is 3.85. The first kappa shape index (κ1) is 6.66. The molecule has 9 heavy (non-hydrogen) atoms. The fourth-order valence-corrected chi connectivity index (χ4v) is 1.58. The Morgan fingerprint density at radius 2 is 2.33 bits per heavy atom. The van der Waals surface area contributed by atoms with E-state index in [1.54, 1.807) is 0 Å². The highest BCUT2D eigenvalue weighted by atomic mass is 32.2. The van der Waals surface area contributed by atoms with Crippen LogP contribution in [0.1, 0.15) is 0 Å². The zero-order valence-corrected chi connectivity index (χ0v) is 5.87. The summed E-state index contributed by atoms with van der Waals surface area (Å²) < 4.78 is 20.5. The molecule has 1 aromatic rings. The topological polar surface area (TPSA) is 70.8 Å². The monoisotopic (exact) mass is 163 g/mol. The molecule has 0 amide bonds. The third-order valence-electron chi connectivity index (χ3n) is 0.640. The molecule has 0 fully saturated rings. The van der Waals surface area contributed by atoms with Crippen LogP contribution in [0.2, 0.25) is 0 Å². The van der Waals surface area contributed by atoms with Gasteiger partial charge in [-0.25, -0.2) is 13.4 Å². The van der Waals surface area contributed by atoms with Crippen LogP contribution in [-0.2, 0) is 10.0 Å². The predicted molar refractivity (Wildman–Crippen MR) is 32.4 cm³/mol. The molecule has 0 unspecified atom stereocenters. The number of rotatable bonds is 1. The number of aromatic nitrogens is 1. The van der Waals surface area contributed by atoms with Gasteiger partial charge in [0.2, 0.25) is 4.34 Å². The van der Waals surface area contributed by atoms with E-state index in [2.05, 4.69) is 4.98 Å². The molecule has 1 radical (unpaired) electrons. The van der Waals surface area contributed by atoms with E-state index in [1.165, 1.54) is 11.6 Å². The molecule has 0 saturated heterocycles. The van der Waals surface area contributed by atoms with E-state index in [0.29, 0.717) is 0 Å². The van der Waals surface area contributed by atoms with Gasteiger partial charge in [-0.15, -0.1) is 16.5 Å². The molecule has 49 valence electrons. The Morgan fingerprint density at radius 3 is 2.56 bits per heavy atom. The van der Waals surface area contributed by atoms with Crippen molar-refractivity contribution in [2.45, 2.75) is 4.34 Å². The molecule has 4 nitrogen and oxygen atoms in total. The lowest BCUT2D eigenvalue weighted by Gasteiger charge is -1.83. The van der Waals surface area contributed by atoms with Gasteiger partial charge in [-0.05, 0) is 0 Å². The third-order valence-corrected chi connectivity index (χ3v) is 2.72. The predicted octanol–water partition coefficient (Wildman–Crippen LogP) is 0.115. The molecular weight excluding hydrogens is 160 g/mol. The number of thiazole rings is 1. The molecule has 0 saturated carbocycles. The molecule has 0 aliphatic carbocycles. The summed E-state index contributed by atoms with van der Waals surface area (Å²) >= 11 is 0.943. The van der Waals surface area contributed by atoms with E-state index in [1.807, 2.05) is 0 Å². The maximum atomic E-state index is 10.3. The van der Waals surface area contributed by atoms with Crippen molar-refractivity contribution in [3.8, 4) is 0 Å². The zero-order valence-electron chi connectivity index (χ0n) is 4.23. The van der Waals surface area contributed by atoms with Crippen LogP contribution >= 0.6 is 11.3 Å². The van der Waals surface area contributed by atoms with Gasteiger partial charge in [-0.1, -0.05) is 0 Å². The highest BCUT2D eigenvalue weighted by molar-refractivity contribution is 7.90. The number of nitrogens with zero attached hydrogens (tertiary/aromatic N) is 1. The normalized spacial score (nSPS) is 11.7. The quantitative estimate of drug-likeness (QED) is 0.590. The van der Waals surface area contributed by atoms with E-state index >= 15 is 0 Å². The van der Waals surface area contributed by atoms with Crippen LogP contribution in [0.5, 0.6) is 0 Å². The Kier molecular flexibility index (Phi) is 1.52. The van der Waals surface area contributed by atoms with Gasteiger partial charge in [0, 0.05) is 11.6 Å². The maximum absolute atomic E-state index is 10.3. The first-order valence-corrected chi connectivity index (χ1v) is 4.36. The highest BCUT2D eigenvalue weighted by Gasteiger charge is 2.09. The van der Waals surface area contributed by atoms with Gasteiger partial charge in [-0.2, -0.15) is 0 Å². The standard InChI is InChI=1S/C3H3N2O2S2/c4-9(6,7)3-5-1-2-8-3/h1-2,4H. The molecule has 1 rings (SSSR count). The van der Waals surface area contributed by atoms with Crippen molar-refractivity contribution in [3.63, 3.8) is 0 Å². The molecule has 1 N–H and O–H groups in total. The minimum Gasteiger partial charge on any atom is -0.233 e. The summed E-state index contributed by atoms with van der Waals surface area (Å²) in [6, 6.07) is 0. The molecule has 1 aromatic heterocycles. The van der Waals surface area contributed by atoms with E-state index in [-0.39, 0.29) is 4.34 Å². The molecule has 1 heterocycles. The molecule has 6 heteroatoms. The Morgan fingerprint density at radius 1 is 1.67 bits per heavy atom. The summed E-state index contributed by atoms with van der Waals surface area (Å²) in [5.74, 6) is 0. The Bertz CT molecular complexity index is 275. The average Bonchev–Trinajstić information content (AvgIpc) is 2.08. The lowest BCUT2D eigenvalue weighted by atomic mass is 11.0. The summed E-state index contributed by atoms with van der Waals surface area (Å²) in [5, 5.41) is 8.02. The molecule has 0 aliphatic rings. The second kappa shape index (κ2) is 2.05. The van der Waals surface area contributed by atoms with E-state index in [0.717, 1.165) is 11.3 Å². The molecular formula is C3H3N2O2S2.